The molecule has 0 saturated carbocycles. The SMILES string of the molecule is Cc1ccnc(Oc2ccc([B]OC(C)(C)C(C)(C)O)c(C3OCCO3)c2F)n1. The number of hydrogen-bond donors (Lipinski definition) is 1. The van der Waals surface area contributed by atoms with E-state index in [0.717, 1.165) is 0 Å². The van der Waals surface area contributed by atoms with E-state index in [1.54, 1.807) is 46.8 Å². The van der Waals surface area contributed by atoms with Crippen molar-refractivity contribution in [1.82, 2.24) is 9.97 Å². The van der Waals surface area contributed by atoms with E-state index in [-0.39, 0.29) is 17.3 Å². The van der Waals surface area contributed by atoms with Gasteiger partial charge in [-0.1, -0.05) is 6.07 Å². The van der Waals surface area contributed by atoms with Crippen LogP contribution in [0.15, 0.2) is 24.4 Å². The van der Waals surface area contributed by atoms with Gasteiger partial charge in [-0.3, -0.25) is 0 Å². The van der Waals surface area contributed by atoms with Crippen LogP contribution in [-0.4, -0.2) is 47.0 Å². The van der Waals surface area contributed by atoms with Crippen LogP contribution in [0.1, 0.15) is 45.2 Å². The van der Waals surface area contributed by atoms with E-state index in [1.165, 1.54) is 19.7 Å². The molecular weight excluding hydrogens is 378 g/mol. The van der Waals surface area contributed by atoms with E-state index in [1.807, 2.05) is 0 Å². The van der Waals surface area contributed by atoms with Gasteiger partial charge < -0.3 is 24.0 Å². The summed E-state index contributed by atoms with van der Waals surface area (Å²) < 4.78 is 37.7. The Morgan fingerprint density at radius 3 is 2.48 bits per heavy atom. The molecule has 0 bridgehead atoms. The molecule has 1 aromatic carbocycles. The maximum atomic E-state index is 15.4. The number of benzene rings is 1. The third-order valence-corrected chi connectivity index (χ3v) is 4.96. The second kappa shape index (κ2) is 8.35. The molecule has 7 nitrogen and oxygen atoms in total. The molecule has 1 aliphatic rings. The van der Waals surface area contributed by atoms with Gasteiger partial charge in [0.1, 0.15) is 0 Å². The van der Waals surface area contributed by atoms with Crippen molar-refractivity contribution in [2.24, 2.45) is 0 Å². The lowest BCUT2D eigenvalue weighted by molar-refractivity contribution is -0.0894. The number of rotatable bonds is 7. The van der Waals surface area contributed by atoms with Crippen LogP contribution in [0, 0.1) is 12.7 Å². The summed E-state index contributed by atoms with van der Waals surface area (Å²) in [4.78, 5) is 8.13. The lowest BCUT2D eigenvalue weighted by Gasteiger charge is -2.37. The molecule has 0 aliphatic carbocycles. The zero-order chi connectivity index (χ0) is 21.2. The summed E-state index contributed by atoms with van der Waals surface area (Å²) in [6, 6.07) is 4.86. The molecule has 0 amide bonds. The zero-order valence-corrected chi connectivity index (χ0v) is 17.2. The Kier molecular flexibility index (Phi) is 6.23. The average molecular weight is 403 g/mol. The van der Waals surface area contributed by atoms with Gasteiger partial charge in [-0.25, -0.2) is 14.4 Å². The van der Waals surface area contributed by atoms with Crippen LogP contribution in [0.2, 0.25) is 0 Å². The predicted octanol–water partition coefficient (Wildman–Crippen LogP) is 2.57. The van der Waals surface area contributed by atoms with E-state index < -0.39 is 23.3 Å². The molecule has 1 N–H and O–H groups in total. The van der Waals surface area contributed by atoms with Gasteiger partial charge in [0.25, 0.3) is 0 Å². The van der Waals surface area contributed by atoms with E-state index in [0.29, 0.717) is 24.4 Å². The van der Waals surface area contributed by atoms with E-state index in [4.69, 9.17) is 18.9 Å². The molecule has 155 valence electrons. The van der Waals surface area contributed by atoms with Crippen molar-refractivity contribution >= 4 is 12.9 Å². The highest BCUT2D eigenvalue weighted by molar-refractivity contribution is 6.47. The highest BCUT2D eigenvalue weighted by Gasteiger charge is 2.37. The molecule has 2 aromatic rings. The highest BCUT2D eigenvalue weighted by Crippen LogP contribution is 2.31. The molecule has 3 rings (SSSR count). The lowest BCUT2D eigenvalue weighted by Crippen LogP contribution is -2.49. The third-order valence-electron chi connectivity index (χ3n) is 4.96. The second-order valence-corrected chi connectivity index (χ2v) is 7.84. The monoisotopic (exact) mass is 403 g/mol. The van der Waals surface area contributed by atoms with Gasteiger partial charge in [-0.2, -0.15) is 0 Å². The first-order valence-electron chi connectivity index (χ1n) is 9.35. The van der Waals surface area contributed by atoms with Gasteiger partial charge in [0.2, 0.25) is 0 Å². The maximum absolute atomic E-state index is 15.4. The number of nitrogens with zero attached hydrogens (tertiary/aromatic N) is 2. The molecule has 1 aromatic heterocycles. The minimum atomic E-state index is -1.12. The van der Waals surface area contributed by atoms with Crippen molar-refractivity contribution in [2.45, 2.75) is 52.1 Å². The molecule has 0 atom stereocenters. The molecule has 1 aliphatic heterocycles. The quantitative estimate of drug-likeness (QED) is 0.712. The van der Waals surface area contributed by atoms with Crippen molar-refractivity contribution in [3.05, 3.63) is 41.5 Å². The molecule has 0 unspecified atom stereocenters. The fourth-order valence-electron chi connectivity index (χ4n) is 2.46. The van der Waals surface area contributed by atoms with Crippen LogP contribution in [0.4, 0.5) is 4.39 Å². The van der Waals surface area contributed by atoms with Gasteiger partial charge in [0.05, 0.1) is 24.4 Å². The summed E-state index contributed by atoms with van der Waals surface area (Å²) in [7, 11) is 1.40. The smallest absolute Gasteiger partial charge is 0.331 e. The topological polar surface area (TPSA) is 82.9 Å². The number of aliphatic hydroxyl groups is 1. The fraction of sp³-hybridized carbons (Fsp3) is 0.500. The van der Waals surface area contributed by atoms with Gasteiger partial charge in [0, 0.05) is 17.5 Å². The maximum Gasteiger partial charge on any atom is 0.331 e. The first-order valence-corrected chi connectivity index (χ1v) is 9.35. The van der Waals surface area contributed by atoms with Crippen molar-refractivity contribution in [1.29, 1.82) is 0 Å². The van der Waals surface area contributed by atoms with Crippen molar-refractivity contribution < 1.29 is 28.4 Å². The Morgan fingerprint density at radius 2 is 1.86 bits per heavy atom. The fourth-order valence-corrected chi connectivity index (χ4v) is 2.46. The van der Waals surface area contributed by atoms with Gasteiger partial charge >= 0.3 is 13.5 Å². The summed E-state index contributed by atoms with van der Waals surface area (Å²) in [6.45, 7) is 9.27. The van der Waals surface area contributed by atoms with Crippen LogP contribution in [0.5, 0.6) is 11.8 Å². The molecule has 1 radical (unpaired) electrons. The standard InChI is InChI=1S/C20H25BFN2O5/c1-12-8-9-23-18(24-12)28-14-7-6-13(21-29-20(4,5)19(2,3)25)15(16(14)22)17-26-10-11-27-17/h6-9,17,25H,10-11H2,1-5H3. The first-order chi connectivity index (χ1) is 13.6. The third kappa shape index (κ3) is 4.92. The van der Waals surface area contributed by atoms with Crippen LogP contribution >= 0.6 is 0 Å². The molecular formula is C20H25BFN2O5. The Balaban J connectivity index is 1.91. The normalized spacial score (nSPS) is 15.6. The van der Waals surface area contributed by atoms with Crippen molar-refractivity contribution in [3.8, 4) is 11.8 Å². The predicted molar refractivity (Wildman–Crippen MR) is 105 cm³/mol. The minimum Gasteiger partial charge on any atom is -0.427 e. The number of aryl methyl sites for hydroxylation is 1. The lowest BCUT2D eigenvalue weighted by atomic mass is 9.80. The Labute approximate surface area is 170 Å². The molecule has 1 saturated heterocycles. The summed E-state index contributed by atoms with van der Waals surface area (Å²) >= 11 is 0. The number of halogens is 1. The van der Waals surface area contributed by atoms with Crippen molar-refractivity contribution in [2.75, 3.05) is 13.2 Å². The van der Waals surface area contributed by atoms with Crippen LogP contribution in [-0.2, 0) is 14.1 Å². The van der Waals surface area contributed by atoms with Crippen molar-refractivity contribution in [3.63, 3.8) is 0 Å². The molecule has 0 spiro atoms. The van der Waals surface area contributed by atoms with Gasteiger partial charge in [-0.15, -0.1) is 0 Å². The number of ether oxygens (including phenoxy) is 3. The number of aromatic nitrogens is 2. The Morgan fingerprint density at radius 1 is 1.17 bits per heavy atom. The molecule has 1 fully saturated rings. The summed E-state index contributed by atoms with van der Waals surface area (Å²) in [6.07, 6.45) is 0.645. The van der Waals surface area contributed by atoms with Crippen LogP contribution in [0.25, 0.3) is 0 Å². The Bertz CT molecular complexity index is 866. The Hall–Kier alpha value is -2.07. The minimum absolute atomic E-state index is 0.0410. The molecule has 2 heterocycles. The first kappa shape index (κ1) is 21.6. The van der Waals surface area contributed by atoms with Crippen LogP contribution in [0.3, 0.4) is 0 Å². The van der Waals surface area contributed by atoms with E-state index >= 15 is 4.39 Å². The number of hydrogen-bond acceptors (Lipinski definition) is 7. The van der Waals surface area contributed by atoms with Gasteiger partial charge in [-0.05, 0) is 52.2 Å². The molecule has 29 heavy (non-hydrogen) atoms. The van der Waals surface area contributed by atoms with Gasteiger partial charge in [0.15, 0.2) is 17.9 Å². The zero-order valence-electron chi connectivity index (χ0n) is 17.2. The molecule has 9 heteroatoms. The highest BCUT2D eigenvalue weighted by atomic mass is 19.1. The van der Waals surface area contributed by atoms with E-state index in [9.17, 15) is 5.11 Å². The van der Waals surface area contributed by atoms with Crippen LogP contribution < -0.4 is 10.2 Å². The summed E-state index contributed by atoms with van der Waals surface area (Å²) in [5.41, 5.74) is -0.759. The van der Waals surface area contributed by atoms with E-state index in [2.05, 4.69) is 9.97 Å². The summed E-state index contributed by atoms with van der Waals surface area (Å²) in [5.74, 6) is -0.705. The summed E-state index contributed by atoms with van der Waals surface area (Å²) in [5, 5.41) is 10.3. The second-order valence-electron chi connectivity index (χ2n) is 7.84. The largest absolute Gasteiger partial charge is 0.427 e. The average Bonchev–Trinajstić information content (AvgIpc) is 3.15.